The van der Waals surface area contributed by atoms with Crippen molar-refractivity contribution >= 4 is 5.97 Å². The van der Waals surface area contributed by atoms with Gasteiger partial charge in [-0.1, -0.05) is 114 Å². The molecule has 0 saturated heterocycles. The van der Waals surface area contributed by atoms with E-state index < -0.39 is 0 Å². The van der Waals surface area contributed by atoms with Crippen molar-refractivity contribution in [2.24, 2.45) is 0 Å². The van der Waals surface area contributed by atoms with Crippen LogP contribution in [0.1, 0.15) is 101 Å². The first-order chi connectivity index (χ1) is 16.6. The first-order valence-electron chi connectivity index (χ1n) is 13.6. The molecular formula is C32H46O2. The molecule has 186 valence electrons. The summed E-state index contributed by atoms with van der Waals surface area (Å²) in [5, 5.41) is 0. The van der Waals surface area contributed by atoms with Gasteiger partial charge in [-0.3, -0.25) is 0 Å². The van der Waals surface area contributed by atoms with Crippen LogP contribution in [-0.4, -0.2) is 12.6 Å². The van der Waals surface area contributed by atoms with Gasteiger partial charge in [0.05, 0.1) is 6.61 Å². The third-order valence-electron chi connectivity index (χ3n) is 6.70. The Bertz CT molecular complexity index is 835. The molecule has 0 fully saturated rings. The summed E-state index contributed by atoms with van der Waals surface area (Å²) in [5.41, 5.74) is 7.02. The molecule has 2 aromatic carbocycles. The largest absolute Gasteiger partial charge is 0.463 e. The van der Waals surface area contributed by atoms with E-state index >= 15 is 0 Å². The summed E-state index contributed by atoms with van der Waals surface area (Å²) < 4.78 is 5.00. The second kappa shape index (κ2) is 17.1. The summed E-state index contributed by atoms with van der Waals surface area (Å²) in [6, 6.07) is 16.2. The number of rotatable bonds is 18. The molecule has 2 rings (SSSR count). The highest BCUT2D eigenvalue weighted by Gasteiger charge is 2.04. The fraction of sp³-hybridized carbons (Fsp3) is 0.531. The first kappa shape index (κ1) is 27.9. The number of benzene rings is 2. The number of carbonyl (C=O) groups is 1. The van der Waals surface area contributed by atoms with Crippen LogP contribution >= 0.6 is 0 Å². The zero-order chi connectivity index (χ0) is 24.4. The molecular weight excluding hydrogens is 416 g/mol. The van der Waals surface area contributed by atoms with Crippen molar-refractivity contribution in [3.05, 3.63) is 71.8 Å². The molecule has 2 aromatic rings. The van der Waals surface area contributed by atoms with E-state index in [4.69, 9.17) is 4.74 Å². The Hall–Kier alpha value is -2.35. The summed E-state index contributed by atoms with van der Waals surface area (Å²) in [4.78, 5) is 11.0. The van der Waals surface area contributed by atoms with Gasteiger partial charge >= 0.3 is 5.97 Å². The number of hydrogen-bond acceptors (Lipinski definition) is 2. The standard InChI is InChI=1S/C32H46O2/c1-4-6-7-11-15-18-29-23-24-31(26-27(29)3)30-21-19-28(20-22-30)17-14-12-9-8-10-13-16-25-34-32(33)5-2/h5,19-24,26H,2,4,6-18,25H2,1,3H3. The molecule has 0 spiro atoms. The van der Waals surface area contributed by atoms with Gasteiger partial charge in [0, 0.05) is 6.08 Å². The van der Waals surface area contributed by atoms with E-state index in [2.05, 4.69) is 62.9 Å². The monoisotopic (exact) mass is 462 g/mol. The van der Waals surface area contributed by atoms with E-state index in [1.54, 1.807) is 0 Å². The second-order valence-electron chi connectivity index (χ2n) is 9.60. The lowest BCUT2D eigenvalue weighted by Crippen LogP contribution is -2.01. The minimum Gasteiger partial charge on any atom is -0.463 e. The van der Waals surface area contributed by atoms with Gasteiger partial charge in [0.25, 0.3) is 0 Å². The number of hydrogen-bond donors (Lipinski definition) is 0. The normalized spacial score (nSPS) is 10.9. The summed E-state index contributed by atoms with van der Waals surface area (Å²) in [6.07, 6.45) is 18.7. The molecule has 0 unspecified atom stereocenters. The highest BCUT2D eigenvalue weighted by Crippen LogP contribution is 2.24. The van der Waals surface area contributed by atoms with Crippen molar-refractivity contribution in [2.45, 2.75) is 104 Å². The Morgan fingerprint density at radius 3 is 2.00 bits per heavy atom. The molecule has 2 nitrogen and oxygen atoms in total. The van der Waals surface area contributed by atoms with Gasteiger partial charge in [-0.25, -0.2) is 4.79 Å². The summed E-state index contributed by atoms with van der Waals surface area (Å²) in [7, 11) is 0. The Labute approximate surface area is 208 Å². The van der Waals surface area contributed by atoms with E-state index in [1.165, 1.54) is 105 Å². The van der Waals surface area contributed by atoms with Crippen LogP contribution in [0.2, 0.25) is 0 Å². The van der Waals surface area contributed by atoms with Crippen LogP contribution in [0.4, 0.5) is 0 Å². The Balaban J connectivity index is 1.63. The summed E-state index contributed by atoms with van der Waals surface area (Å²) >= 11 is 0. The molecule has 34 heavy (non-hydrogen) atoms. The molecule has 0 aliphatic rings. The van der Waals surface area contributed by atoms with Crippen LogP contribution in [0.25, 0.3) is 11.1 Å². The van der Waals surface area contributed by atoms with Crippen molar-refractivity contribution in [3.8, 4) is 11.1 Å². The number of aryl methyl sites for hydroxylation is 3. The molecule has 0 bridgehead atoms. The van der Waals surface area contributed by atoms with Crippen molar-refractivity contribution in [2.75, 3.05) is 6.61 Å². The predicted octanol–water partition coefficient (Wildman–Crippen LogP) is 9.18. The number of unbranched alkanes of at least 4 members (excludes halogenated alkanes) is 10. The molecule has 0 N–H and O–H groups in total. The highest BCUT2D eigenvalue weighted by molar-refractivity contribution is 5.81. The molecule has 2 heteroatoms. The molecule has 0 radical (unpaired) electrons. The maximum atomic E-state index is 11.0. The lowest BCUT2D eigenvalue weighted by molar-refractivity contribution is -0.137. The topological polar surface area (TPSA) is 26.3 Å². The van der Waals surface area contributed by atoms with Crippen molar-refractivity contribution in [3.63, 3.8) is 0 Å². The molecule has 0 heterocycles. The molecule has 0 amide bonds. The van der Waals surface area contributed by atoms with Crippen LogP contribution in [0.3, 0.4) is 0 Å². The number of ether oxygens (including phenoxy) is 1. The second-order valence-corrected chi connectivity index (χ2v) is 9.60. The average Bonchev–Trinajstić information content (AvgIpc) is 2.86. The smallest absolute Gasteiger partial charge is 0.330 e. The Kier molecular flexibility index (Phi) is 14.1. The van der Waals surface area contributed by atoms with Gasteiger partial charge < -0.3 is 4.74 Å². The van der Waals surface area contributed by atoms with E-state index in [0.29, 0.717) is 6.61 Å². The lowest BCUT2D eigenvalue weighted by Gasteiger charge is -2.10. The summed E-state index contributed by atoms with van der Waals surface area (Å²) in [6.45, 7) is 8.46. The molecule has 0 aromatic heterocycles. The molecule has 0 aliphatic carbocycles. The lowest BCUT2D eigenvalue weighted by atomic mass is 9.95. The molecule has 0 aliphatic heterocycles. The zero-order valence-corrected chi connectivity index (χ0v) is 21.7. The van der Waals surface area contributed by atoms with Crippen LogP contribution in [0.15, 0.2) is 55.1 Å². The SMILES string of the molecule is C=CC(=O)OCCCCCCCCCc1ccc(-c2ccc(CCCCCCC)c(C)c2)cc1. The first-order valence-corrected chi connectivity index (χ1v) is 13.6. The predicted molar refractivity (Wildman–Crippen MR) is 146 cm³/mol. The fourth-order valence-corrected chi connectivity index (χ4v) is 4.49. The van der Waals surface area contributed by atoms with E-state index in [1.807, 2.05) is 0 Å². The Morgan fingerprint density at radius 1 is 0.765 bits per heavy atom. The van der Waals surface area contributed by atoms with Crippen molar-refractivity contribution in [1.82, 2.24) is 0 Å². The van der Waals surface area contributed by atoms with Crippen LogP contribution in [-0.2, 0) is 22.4 Å². The van der Waals surface area contributed by atoms with E-state index in [9.17, 15) is 4.79 Å². The van der Waals surface area contributed by atoms with Crippen molar-refractivity contribution in [1.29, 1.82) is 0 Å². The zero-order valence-electron chi connectivity index (χ0n) is 21.7. The fourth-order valence-electron chi connectivity index (χ4n) is 4.49. The van der Waals surface area contributed by atoms with Crippen LogP contribution in [0.5, 0.6) is 0 Å². The van der Waals surface area contributed by atoms with Gasteiger partial charge in [-0.05, 0) is 66.8 Å². The molecule has 0 atom stereocenters. The van der Waals surface area contributed by atoms with Gasteiger partial charge in [-0.15, -0.1) is 0 Å². The third-order valence-corrected chi connectivity index (χ3v) is 6.70. The minimum absolute atomic E-state index is 0.315. The number of esters is 1. The highest BCUT2D eigenvalue weighted by atomic mass is 16.5. The van der Waals surface area contributed by atoms with Gasteiger partial charge in [-0.2, -0.15) is 0 Å². The van der Waals surface area contributed by atoms with Gasteiger partial charge in [0.15, 0.2) is 0 Å². The van der Waals surface area contributed by atoms with Gasteiger partial charge in [0.2, 0.25) is 0 Å². The average molecular weight is 463 g/mol. The van der Waals surface area contributed by atoms with Crippen LogP contribution in [0, 0.1) is 6.92 Å². The Morgan fingerprint density at radius 2 is 1.35 bits per heavy atom. The third kappa shape index (κ3) is 11.2. The minimum atomic E-state index is -0.315. The van der Waals surface area contributed by atoms with E-state index in [-0.39, 0.29) is 5.97 Å². The maximum absolute atomic E-state index is 11.0. The quantitative estimate of drug-likeness (QED) is 0.125. The summed E-state index contributed by atoms with van der Waals surface area (Å²) in [5.74, 6) is -0.315. The van der Waals surface area contributed by atoms with Gasteiger partial charge in [0.1, 0.15) is 0 Å². The van der Waals surface area contributed by atoms with E-state index in [0.717, 1.165) is 19.3 Å². The number of carbonyl (C=O) groups excluding carboxylic acids is 1. The molecule has 0 saturated carbocycles. The van der Waals surface area contributed by atoms with Crippen molar-refractivity contribution < 1.29 is 9.53 Å². The maximum Gasteiger partial charge on any atom is 0.330 e. The van der Waals surface area contributed by atoms with Crippen LogP contribution < -0.4 is 0 Å².